The maximum atomic E-state index is 12.5. The molecule has 0 aliphatic carbocycles. The quantitative estimate of drug-likeness (QED) is 0.792. The van der Waals surface area contributed by atoms with Crippen LogP contribution in [0.5, 0.6) is 0 Å². The molecule has 24 heavy (non-hydrogen) atoms. The van der Waals surface area contributed by atoms with Crippen LogP contribution in [0, 0.1) is 0 Å². The van der Waals surface area contributed by atoms with E-state index in [0.717, 1.165) is 17.0 Å². The molecule has 6 nitrogen and oxygen atoms in total. The second kappa shape index (κ2) is 6.09. The highest BCUT2D eigenvalue weighted by atomic mass is 32.1. The average Bonchev–Trinajstić information content (AvgIpc) is 3.20. The molecule has 0 spiro atoms. The molecule has 4 rings (SSSR count). The van der Waals surface area contributed by atoms with E-state index in [-0.39, 0.29) is 5.91 Å². The Balaban J connectivity index is 1.50. The van der Waals surface area contributed by atoms with Crippen LogP contribution in [0.25, 0.3) is 0 Å². The minimum absolute atomic E-state index is 0.0533. The first-order valence-electron chi connectivity index (χ1n) is 7.71. The number of hydrogen-bond donors (Lipinski definition) is 1. The number of hydrogen-bond acceptors (Lipinski definition) is 6. The number of nitrogens with two attached hydrogens (primary N) is 1. The minimum Gasteiger partial charge on any atom is -0.445 e. The largest absolute Gasteiger partial charge is 0.445 e. The van der Waals surface area contributed by atoms with Crippen LogP contribution in [0.2, 0.25) is 0 Å². The first-order chi connectivity index (χ1) is 11.7. The summed E-state index contributed by atoms with van der Waals surface area (Å²) in [5.41, 5.74) is 7.61. The van der Waals surface area contributed by atoms with E-state index in [0.29, 0.717) is 41.8 Å². The van der Waals surface area contributed by atoms with Crippen LogP contribution in [0.1, 0.15) is 32.6 Å². The molecular formula is C17H16N4O2S. The van der Waals surface area contributed by atoms with Gasteiger partial charge in [0.2, 0.25) is 0 Å². The number of rotatable bonds is 3. The topological polar surface area (TPSA) is 85.2 Å². The first kappa shape index (κ1) is 14.9. The lowest BCUT2D eigenvalue weighted by Gasteiger charge is -2.24. The van der Waals surface area contributed by atoms with Gasteiger partial charge >= 0.3 is 0 Å². The smallest absolute Gasteiger partial charge is 0.266 e. The molecule has 1 aliphatic heterocycles. The molecule has 2 aromatic heterocycles. The highest BCUT2D eigenvalue weighted by Crippen LogP contribution is 2.24. The van der Waals surface area contributed by atoms with Crippen molar-refractivity contribution >= 4 is 22.4 Å². The Labute approximate surface area is 142 Å². The number of carbonyl (C=O) groups excluding carboxylic acids is 1. The van der Waals surface area contributed by atoms with Gasteiger partial charge < -0.3 is 15.1 Å². The van der Waals surface area contributed by atoms with Crippen LogP contribution < -0.4 is 5.73 Å². The van der Waals surface area contributed by atoms with Gasteiger partial charge in [0, 0.05) is 19.4 Å². The van der Waals surface area contributed by atoms with E-state index in [4.69, 9.17) is 10.2 Å². The first-order valence-corrected chi connectivity index (χ1v) is 8.52. The van der Waals surface area contributed by atoms with Gasteiger partial charge in [-0.25, -0.2) is 9.97 Å². The van der Waals surface area contributed by atoms with Gasteiger partial charge in [-0.15, -0.1) is 0 Å². The van der Waals surface area contributed by atoms with Crippen LogP contribution >= 0.6 is 11.3 Å². The van der Waals surface area contributed by atoms with Crippen molar-refractivity contribution in [3.63, 3.8) is 0 Å². The summed E-state index contributed by atoms with van der Waals surface area (Å²) in [6.07, 6.45) is 2.87. The van der Waals surface area contributed by atoms with Crippen molar-refractivity contribution in [1.82, 2.24) is 14.9 Å². The molecule has 122 valence electrons. The molecule has 0 radical (unpaired) electrons. The number of nitrogens with zero attached hydrogens (tertiary/aromatic N) is 3. The Kier molecular flexibility index (Phi) is 3.78. The molecule has 0 saturated carbocycles. The van der Waals surface area contributed by atoms with Crippen molar-refractivity contribution in [2.75, 3.05) is 12.3 Å². The molecule has 0 fully saturated rings. The lowest BCUT2D eigenvalue weighted by molar-refractivity contribution is 0.0732. The Hall–Kier alpha value is -2.67. The number of nitrogen functional groups attached to an aromatic ring is 1. The second-order valence-corrected chi connectivity index (χ2v) is 6.74. The lowest BCUT2D eigenvalue weighted by Crippen LogP contribution is -2.35. The zero-order valence-electron chi connectivity index (χ0n) is 12.9. The molecule has 3 heterocycles. The third-order valence-electron chi connectivity index (χ3n) is 3.99. The zero-order valence-corrected chi connectivity index (χ0v) is 13.8. The number of benzene rings is 1. The van der Waals surface area contributed by atoms with Crippen LogP contribution in [0.3, 0.4) is 0 Å². The maximum absolute atomic E-state index is 12.5. The van der Waals surface area contributed by atoms with Gasteiger partial charge in [-0.2, -0.15) is 0 Å². The van der Waals surface area contributed by atoms with Crippen LogP contribution in [0.4, 0.5) is 5.13 Å². The molecule has 1 amide bonds. The molecule has 1 aliphatic rings. The van der Waals surface area contributed by atoms with Crippen molar-refractivity contribution in [1.29, 1.82) is 0 Å². The Morgan fingerprint density at radius 3 is 2.92 bits per heavy atom. The molecule has 2 N–H and O–H groups in total. The summed E-state index contributed by atoms with van der Waals surface area (Å²) in [7, 11) is 0. The predicted octanol–water partition coefficient (Wildman–Crippen LogP) is 2.50. The molecule has 0 saturated heterocycles. The van der Waals surface area contributed by atoms with E-state index in [9.17, 15) is 4.79 Å². The van der Waals surface area contributed by atoms with E-state index in [1.165, 1.54) is 17.5 Å². The normalized spacial score (nSPS) is 13.8. The number of thiazole rings is 1. The number of amides is 1. The average molecular weight is 340 g/mol. The van der Waals surface area contributed by atoms with Crippen molar-refractivity contribution in [2.24, 2.45) is 0 Å². The number of aromatic nitrogens is 2. The summed E-state index contributed by atoms with van der Waals surface area (Å²) in [6.45, 7) is 1.08. The summed E-state index contributed by atoms with van der Waals surface area (Å²) in [4.78, 5) is 23.4. The molecule has 0 atom stereocenters. The van der Waals surface area contributed by atoms with Gasteiger partial charge in [-0.05, 0) is 5.56 Å². The van der Waals surface area contributed by atoms with Gasteiger partial charge in [0.1, 0.15) is 16.3 Å². The highest BCUT2D eigenvalue weighted by Gasteiger charge is 2.27. The number of fused-ring (bicyclic) bond motifs is 1. The van der Waals surface area contributed by atoms with Crippen LogP contribution in [-0.4, -0.2) is 27.3 Å². The van der Waals surface area contributed by atoms with Crippen molar-refractivity contribution < 1.29 is 9.21 Å². The molecule has 3 aromatic rings. The summed E-state index contributed by atoms with van der Waals surface area (Å²) in [5.74, 6) is 1.53. The fraction of sp³-hybridized carbons (Fsp3) is 0.235. The van der Waals surface area contributed by atoms with Gasteiger partial charge in [0.05, 0.1) is 12.7 Å². The fourth-order valence-electron chi connectivity index (χ4n) is 2.81. The van der Waals surface area contributed by atoms with E-state index < -0.39 is 0 Å². The molecule has 7 heteroatoms. The molecular weight excluding hydrogens is 324 g/mol. The fourth-order valence-corrected chi connectivity index (χ4v) is 3.47. The highest BCUT2D eigenvalue weighted by molar-refractivity contribution is 7.17. The third-order valence-corrected chi connectivity index (χ3v) is 4.81. The number of anilines is 1. The molecule has 0 bridgehead atoms. The van der Waals surface area contributed by atoms with Crippen molar-refractivity contribution in [2.45, 2.75) is 19.4 Å². The molecule has 1 aromatic carbocycles. The van der Waals surface area contributed by atoms with E-state index >= 15 is 0 Å². The Bertz CT molecular complexity index is 872. The number of carbonyl (C=O) groups is 1. The molecule has 0 unspecified atom stereocenters. The van der Waals surface area contributed by atoms with Gasteiger partial charge in [-0.3, -0.25) is 4.79 Å². The van der Waals surface area contributed by atoms with Gasteiger partial charge in [-0.1, -0.05) is 41.7 Å². The zero-order chi connectivity index (χ0) is 16.5. The van der Waals surface area contributed by atoms with E-state index in [1.54, 1.807) is 4.90 Å². The summed E-state index contributed by atoms with van der Waals surface area (Å²) >= 11 is 1.21. The van der Waals surface area contributed by atoms with Gasteiger partial charge in [0.25, 0.3) is 5.91 Å². The second-order valence-electron chi connectivity index (χ2n) is 5.68. The summed E-state index contributed by atoms with van der Waals surface area (Å²) in [5, 5.41) is 0.405. The SMILES string of the molecule is Nc1ncc(C(=O)N2CCc3oc(Cc4ccccc4)nc3C2)s1. The third kappa shape index (κ3) is 2.90. The van der Waals surface area contributed by atoms with Crippen LogP contribution in [-0.2, 0) is 19.4 Å². The van der Waals surface area contributed by atoms with Crippen molar-refractivity contribution in [3.8, 4) is 0 Å². The van der Waals surface area contributed by atoms with Gasteiger partial charge in [0.15, 0.2) is 11.0 Å². The minimum atomic E-state index is -0.0533. The van der Waals surface area contributed by atoms with Crippen molar-refractivity contribution in [3.05, 3.63) is 64.3 Å². The maximum Gasteiger partial charge on any atom is 0.266 e. The number of oxazole rings is 1. The Morgan fingerprint density at radius 1 is 1.33 bits per heavy atom. The van der Waals surface area contributed by atoms with E-state index in [2.05, 4.69) is 9.97 Å². The Morgan fingerprint density at radius 2 is 2.17 bits per heavy atom. The lowest BCUT2D eigenvalue weighted by atomic mass is 10.1. The van der Waals surface area contributed by atoms with E-state index in [1.807, 2.05) is 30.3 Å². The standard InChI is InChI=1S/C17H16N4O2S/c18-17-19-9-14(24-17)16(22)21-7-6-13-12(10-21)20-15(23-13)8-11-4-2-1-3-5-11/h1-5,9H,6-8,10H2,(H2,18,19). The summed E-state index contributed by atoms with van der Waals surface area (Å²) < 4.78 is 5.87. The summed E-state index contributed by atoms with van der Waals surface area (Å²) in [6, 6.07) is 10.1. The predicted molar refractivity (Wildman–Crippen MR) is 90.7 cm³/mol. The monoisotopic (exact) mass is 340 g/mol. The van der Waals surface area contributed by atoms with Crippen LogP contribution in [0.15, 0.2) is 40.9 Å².